The van der Waals surface area contributed by atoms with Crippen molar-refractivity contribution in [3.8, 4) is 0 Å². The van der Waals surface area contributed by atoms with Gasteiger partial charge in [0.05, 0.1) is 18.8 Å². The molecule has 0 unspecified atom stereocenters. The third-order valence-corrected chi connectivity index (χ3v) is 4.47. The molecule has 2 rings (SSSR count). The second-order valence-corrected chi connectivity index (χ2v) is 6.95. The van der Waals surface area contributed by atoms with Crippen molar-refractivity contribution in [1.29, 1.82) is 0 Å². The molecular weight excluding hydrogens is 387 g/mol. The van der Waals surface area contributed by atoms with Crippen molar-refractivity contribution in [2.75, 3.05) is 57.4 Å². The minimum Gasteiger partial charge on any atom is -0.373 e. The minimum absolute atomic E-state index is 0. The van der Waals surface area contributed by atoms with Gasteiger partial charge in [0.2, 0.25) is 0 Å². The van der Waals surface area contributed by atoms with E-state index in [1.165, 1.54) is 0 Å². The van der Waals surface area contributed by atoms with E-state index in [1.807, 2.05) is 11.8 Å². The topological polar surface area (TPSA) is 54.1 Å². The summed E-state index contributed by atoms with van der Waals surface area (Å²) in [5.74, 6) is 3.04. The fourth-order valence-electron chi connectivity index (χ4n) is 2.50. The summed E-state index contributed by atoms with van der Waals surface area (Å²) in [7, 11) is 0. The van der Waals surface area contributed by atoms with E-state index in [-0.39, 0.29) is 29.6 Å². The van der Waals surface area contributed by atoms with Gasteiger partial charge in [0.1, 0.15) is 0 Å². The van der Waals surface area contributed by atoms with E-state index in [2.05, 4.69) is 28.6 Å². The van der Waals surface area contributed by atoms with Crippen LogP contribution in [0.15, 0.2) is 4.99 Å². The lowest BCUT2D eigenvalue weighted by molar-refractivity contribution is -0.0850. The number of aliphatic imine (C=N–C) groups is 1. The van der Waals surface area contributed by atoms with Gasteiger partial charge in [-0.05, 0) is 13.8 Å². The monoisotopic (exact) mass is 414 g/mol. The van der Waals surface area contributed by atoms with Crippen LogP contribution in [0.4, 0.5) is 0 Å². The predicted octanol–water partition coefficient (Wildman–Crippen LogP) is 1.08. The number of thioether (sulfide) groups is 1. The molecule has 2 N–H and O–H groups in total. The fraction of sp³-hybridized carbons (Fsp3) is 0.923. The third kappa shape index (κ3) is 5.95. The van der Waals surface area contributed by atoms with Crippen molar-refractivity contribution in [3.05, 3.63) is 0 Å². The molecule has 0 spiro atoms. The highest BCUT2D eigenvalue weighted by atomic mass is 127. The molecule has 2 fully saturated rings. The summed E-state index contributed by atoms with van der Waals surface area (Å²) in [6.07, 6.45) is 0. The molecule has 0 amide bonds. The predicted molar refractivity (Wildman–Crippen MR) is 97.3 cm³/mol. The zero-order chi connectivity index (χ0) is 13.7. The van der Waals surface area contributed by atoms with Gasteiger partial charge in [0.25, 0.3) is 0 Å². The number of guanidine groups is 1. The first kappa shape index (κ1) is 18.3. The molecule has 7 heteroatoms. The average Bonchev–Trinajstić information content (AvgIpc) is 2.38. The smallest absolute Gasteiger partial charge is 0.191 e. The van der Waals surface area contributed by atoms with Crippen molar-refractivity contribution < 1.29 is 4.74 Å². The Hall–Kier alpha value is 0.270. The minimum atomic E-state index is -0.0302. The zero-order valence-electron chi connectivity index (χ0n) is 12.5. The number of hydrogen-bond donors (Lipinski definition) is 1. The van der Waals surface area contributed by atoms with E-state index < -0.39 is 0 Å². The normalized spacial score (nSPS) is 24.3. The van der Waals surface area contributed by atoms with E-state index >= 15 is 0 Å². The van der Waals surface area contributed by atoms with E-state index in [1.54, 1.807) is 0 Å². The first-order valence-electron chi connectivity index (χ1n) is 7.06. The van der Waals surface area contributed by atoms with Gasteiger partial charge in [-0.2, -0.15) is 11.8 Å². The Morgan fingerprint density at radius 2 is 2.00 bits per heavy atom. The van der Waals surface area contributed by atoms with Crippen LogP contribution in [0.1, 0.15) is 13.8 Å². The van der Waals surface area contributed by atoms with Crippen LogP contribution in [0.3, 0.4) is 0 Å². The van der Waals surface area contributed by atoms with Crippen LogP contribution in [0, 0.1) is 0 Å². The van der Waals surface area contributed by atoms with Gasteiger partial charge >= 0.3 is 0 Å². The van der Waals surface area contributed by atoms with E-state index in [9.17, 15) is 0 Å². The summed E-state index contributed by atoms with van der Waals surface area (Å²) in [6, 6.07) is 0. The Kier molecular flexibility index (Phi) is 7.92. The third-order valence-electron chi connectivity index (χ3n) is 3.53. The highest BCUT2D eigenvalue weighted by molar-refractivity contribution is 14.0. The molecule has 2 saturated heterocycles. The Morgan fingerprint density at radius 3 is 2.65 bits per heavy atom. The molecule has 2 aliphatic rings. The van der Waals surface area contributed by atoms with Gasteiger partial charge in [0.15, 0.2) is 5.96 Å². The maximum absolute atomic E-state index is 6.04. The zero-order valence-corrected chi connectivity index (χ0v) is 15.7. The lowest BCUT2D eigenvalue weighted by atomic mass is 10.1. The van der Waals surface area contributed by atoms with Crippen molar-refractivity contribution >= 4 is 41.7 Å². The second kappa shape index (κ2) is 8.65. The van der Waals surface area contributed by atoms with Crippen LogP contribution in [0.25, 0.3) is 0 Å². The molecule has 0 bridgehead atoms. The number of rotatable bonds is 3. The van der Waals surface area contributed by atoms with Crippen molar-refractivity contribution in [2.24, 2.45) is 10.7 Å². The Labute approximate surface area is 143 Å². The van der Waals surface area contributed by atoms with Crippen LogP contribution in [0.5, 0.6) is 0 Å². The van der Waals surface area contributed by atoms with Crippen LogP contribution in [0.2, 0.25) is 0 Å². The molecule has 0 atom stereocenters. The molecular formula is C13H27IN4OS. The Morgan fingerprint density at radius 1 is 1.30 bits per heavy atom. The molecule has 5 nitrogen and oxygen atoms in total. The summed E-state index contributed by atoms with van der Waals surface area (Å²) in [6.45, 7) is 10.9. The molecule has 0 aliphatic carbocycles. The number of morpholine rings is 1. The van der Waals surface area contributed by atoms with Crippen LogP contribution in [-0.2, 0) is 4.74 Å². The molecule has 2 aliphatic heterocycles. The summed E-state index contributed by atoms with van der Waals surface area (Å²) in [4.78, 5) is 9.12. The second-order valence-electron chi connectivity index (χ2n) is 5.72. The van der Waals surface area contributed by atoms with Crippen molar-refractivity contribution in [3.63, 3.8) is 0 Å². The standard InChI is InChI=1S/C13H26N4OS.HI/c1-13(2)11-16(5-8-18-13)4-3-15-12(14)17-6-9-19-10-7-17;/h3-11H2,1-2H3,(H2,14,15);1H. The Balaban J connectivity index is 0.00000200. The maximum atomic E-state index is 6.04. The van der Waals surface area contributed by atoms with Gasteiger partial charge in [-0.25, -0.2) is 0 Å². The number of ether oxygens (including phenoxy) is 1. The molecule has 0 aromatic rings. The van der Waals surface area contributed by atoms with Crippen molar-refractivity contribution in [1.82, 2.24) is 9.80 Å². The van der Waals surface area contributed by atoms with Crippen LogP contribution < -0.4 is 5.73 Å². The number of nitrogens with zero attached hydrogens (tertiary/aromatic N) is 3. The summed E-state index contributed by atoms with van der Waals surface area (Å²) >= 11 is 1.99. The molecule has 0 aromatic carbocycles. The van der Waals surface area contributed by atoms with Gasteiger partial charge in [-0.15, -0.1) is 24.0 Å². The summed E-state index contributed by atoms with van der Waals surface area (Å²) in [5, 5.41) is 0. The van der Waals surface area contributed by atoms with Gasteiger partial charge in [0, 0.05) is 44.2 Å². The number of nitrogens with two attached hydrogens (primary N) is 1. The number of halogens is 1. The molecule has 2 heterocycles. The van der Waals surface area contributed by atoms with Crippen LogP contribution >= 0.6 is 35.7 Å². The van der Waals surface area contributed by atoms with Crippen LogP contribution in [-0.4, -0.2) is 78.7 Å². The summed E-state index contributed by atoms with van der Waals surface area (Å²) < 4.78 is 5.71. The summed E-state index contributed by atoms with van der Waals surface area (Å²) in [5.41, 5.74) is 6.01. The fourth-order valence-corrected chi connectivity index (χ4v) is 3.41. The van der Waals surface area contributed by atoms with Gasteiger partial charge in [-0.1, -0.05) is 0 Å². The number of hydrogen-bond acceptors (Lipinski definition) is 4. The molecule has 0 radical (unpaired) electrons. The van der Waals surface area contributed by atoms with E-state index in [0.717, 1.165) is 57.4 Å². The van der Waals surface area contributed by atoms with E-state index in [4.69, 9.17) is 10.5 Å². The largest absolute Gasteiger partial charge is 0.373 e. The average molecular weight is 414 g/mol. The highest BCUT2D eigenvalue weighted by Gasteiger charge is 2.26. The lowest BCUT2D eigenvalue weighted by Crippen LogP contribution is -2.49. The Bertz CT molecular complexity index is 321. The first-order chi connectivity index (χ1) is 9.07. The van der Waals surface area contributed by atoms with Gasteiger partial charge in [-0.3, -0.25) is 9.89 Å². The highest BCUT2D eigenvalue weighted by Crippen LogP contribution is 2.15. The first-order valence-corrected chi connectivity index (χ1v) is 8.21. The molecule has 20 heavy (non-hydrogen) atoms. The lowest BCUT2D eigenvalue weighted by Gasteiger charge is -2.38. The van der Waals surface area contributed by atoms with Crippen molar-refractivity contribution in [2.45, 2.75) is 19.4 Å². The molecule has 0 saturated carbocycles. The molecule has 118 valence electrons. The maximum Gasteiger partial charge on any atom is 0.191 e. The van der Waals surface area contributed by atoms with E-state index in [0.29, 0.717) is 5.96 Å². The van der Waals surface area contributed by atoms with Gasteiger partial charge < -0.3 is 15.4 Å². The SMILES string of the molecule is CC1(C)CN(CCN=C(N)N2CCSCC2)CCO1.I. The quantitative estimate of drug-likeness (QED) is 0.426. The molecule has 0 aromatic heterocycles.